The summed E-state index contributed by atoms with van der Waals surface area (Å²) in [4.78, 5) is 15.5. The number of imidazole rings is 1. The van der Waals surface area contributed by atoms with E-state index >= 15 is 0 Å². The summed E-state index contributed by atoms with van der Waals surface area (Å²) in [6.45, 7) is 0. The van der Waals surface area contributed by atoms with Gasteiger partial charge in [-0.25, -0.2) is 9.78 Å². The number of hydrogen-bond donors (Lipinski definition) is 0. The Morgan fingerprint density at radius 2 is 2.62 bits per heavy atom. The molecule has 0 N–H and O–H groups in total. The van der Waals surface area contributed by atoms with Crippen LogP contribution in [-0.4, -0.2) is 22.6 Å². The van der Waals surface area contributed by atoms with Gasteiger partial charge in [0.15, 0.2) is 0 Å². The van der Waals surface area contributed by atoms with Crippen LogP contribution in [0.2, 0.25) is 0 Å². The number of aryl methyl sites for hydroxylation is 1. The van der Waals surface area contributed by atoms with E-state index in [4.69, 9.17) is 4.74 Å². The van der Waals surface area contributed by atoms with Crippen LogP contribution in [0.15, 0.2) is 12.4 Å². The fourth-order valence-electron chi connectivity index (χ4n) is 1.78. The standard InChI is InChI=1S/C9H12N2O2/c1-13-9(12)7-3-2-4-8-10-5-6-11(7)8/h5-7H,2-4H2,1H3/t7-/m0/s1. The number of aromatic nitrogens is 2. The lowest BCUT2D eigenvalue weighted by atomic mass is 10.1. The highest BCUT2D eigenvalue weighted by molar-refractivity contribution is 5.74. The summed E-state index contributed by atoms with van der Waals surface area (Å²) in [5.41, 5.74) is 0. The molecule has 1 aliphatic heterocycles. The number of carbonyl (C=O) groups is 1. The first-order valence-electron chi connectivity index (χ1n) is 4.42. The smallest absolute Gasteiger partial charge is 0.328 e. The molecule has 0 saturated carbocycles. The summed E-state index contributed by atoms with van der Waals surface area (Å²) in [5, 5.41) is 0. The van der Waals surface area contributed by atoms with Crippen molar-refractivity contribution in [2.75, 3.05) is 7.11 Å². The highest BCUT2D eigenvalue weighted by Crippen LogP contribution is 2.24. The van der Waals surface area contributed by atoms with Gasteiger partial charge in [-0.1, -0.05) is 0 Å². The van der Waals surface area contributed by atoms with E-state index in [0.717, 1.165) is 25.1 Å². The molecule has 1 atom stereocenters. The highest BCUT2D eigenvalue weighted by atomic mass is 16.5. The topological polar surface area (TPSA) is 44.1 Å². The predicted molar refractivity (Wildman–Crippen MR) is 46.2 cm³/mol. The Morgan fingerprint density at radius 1 is 1.77 bits per heavy atom. The Labute approximate surface area is 76.5 Å². The minimum Gasteiger partial charge on any atom is -0.467 e. The van der Waals surface area contributed by atoms with Gasteiger partial charge in [-0.15, -0.1) is 0 Å². The van der Waals surface area contributed by atoms with Crippen LogP contribution in [0.3, 0.4) is 0 Å². The van der Waals surface area contributed by atoms with Gasteiger partial charge in [0.2, 0.25) is 0 Å². The molecular formula is C9H12N2O2. The zero-order valence-corrected chi connectivity index (χ0v) is 7.56. The van der Waals surface area contributed by atoms with Crippen molar-refractivity contribution in [3.63, 3.8) is 0 Å². The van der Waals surface area contributed by atoms with E-state index in [1.54, 1.807) is 6.20 Å². The van der Waals surface area contributed by atoms with Gasteiger partial charge in [-0.2, -0.15) is 0 Å². The molecule has 0 bridgehead atoms. The van der Waals surface area contributed by atoms with Crippen molar-refractivity contribution in [2.45, 2.75) is 25.3 Å². The Bertz CT molecular complexity index is 319. The van der Waals surface area contributed by atoms with Crippen molar-refractivity contribution in [1.82, 2.24) is 9.55 Å². The van der Waals surface area contributed by atoms with Crippen molar-refractivity contribution >= 4 is 5.97 Å². The number of rotatable bonds is 1. The predicted octanol–water partition coefficient (Wildman–Crippen LogP) is 0.933. The van der Waals surface area contributed by atoms with E-state index in [1.165, 1.54) is 7.11 Å². The van der Waals surface area contributed by atoms with Crippen LogP contribution in [0.25, 0.3) is 0 Å². The third-order valence-corrected chi connectivity index (χ3v) is 2.44. The molecule has 70 valence electrons. The zero-order chi connectivity index (χ0) is 9.26. The second-order valence-corrected chi connectivity index (χ2v) is 3.18. The van der Waals surface area contributed by atoms with Crippen LogP contribution in [0.4, 0.5) is 0 Å². The number of methoxy groups -OCH3 is 1. The van der Waals surface area contributed by atoms with E-state index in [0.29, 0.717) is 0 Å². The van der Waals surface area contributed by atoms with Gasteiger partial charge in [0.05, 0.1) is 7.11 Å². The molecule has 0 aromatic carbocycles. The van der Waals surface area contributed by atoms with Gasteiger partial charge in [0.25, 0.3) is 0 Å². The average Bonchev–Trinajstić information content (AvgIpc) is 2.63. The molecule has 1 aliphatic rings. The fraction of sp³-hybridized carbons (Fsp3) is 0.556. The lowest BCUT2D eigenvalue weighted by molar-refractivity contribution is -0.145. The number of ether oxygens (including phenoxy) is 1. The monoisotopic (exact) mass is 180 g/mol. The summed E-state index contributed by atoms with van der Waals surface area (Å²) >= 11 is 0. The van der Waals surface area contributed by atoms with Crippen molar-refractivity contribution < 1.29 is 9.53 Å². The maximum atomic E-state index is 11.4. The van der Waals surface area contributed by atoms with E-state index in [1.807, 2.05) is 10.8 Å². The quantitative estimate of drug-likeness (QED) is 0.604. The first-order chi connectivity index (χ1) is 6.33. The highest BCUT2D eigenvalue weighted by Gasteiger charge is 2.26. The minimum atomic E-state index is -0.168. The van der Waals surface area contributed by atoms with Crippen molar-refractivity contribution in [1.29, 1.82) is 0 Å². The second kappa shape index (κ2) is 3.20. The van der Waals surface area contributed by atoms with Gasteiger partial charge < -0.3 is 9.30 Å². The Balaban J connectivity index is 2.30. The molecule has 0 radical (unpaired) electrons. The van der Waals surface area contributed by atoms with Gasteiger partial charge in [0.1, 0.15) is 11.9 Å². The molecule has 0 unspecified atom stereocenters. The molecule has 0 spiro atoms. The van der Waals surface area contributed by atoms with E-state index < -0.39 is 0 Å². The zero-order valence-electron chi connectivity index (χ0n) is 7.56. The Morgan fingerprint density at radius 3 is 3.38 bits per heavy atom. The first kappa shape index (κ1) is 8.29. The van der Waals surface area contributed by atoms with E-state index in [2.05, 4.69) is 4.98 Å². The summed E-state index contributed by atoms with van der Waals surface area (Å²) in [7, 11) is 1.42. The van der Waals surface area contributed by atoms with Crippen molar-refractivity contribution in [3.05, 3.63) is 18.2 Å². The largest absolute Gasteiger partial charge is 0.467 e. The van der Waals surface area contributed by atoms with Crippen LogP contribution < -0.4 is 0 Å². The van der Waals surface area contributed by atoms with Crippen LogP contribution in [0, 0.1) is 0 Å². The Hall–Kier alpha value is -1.32. The molecule has 1 aromatic heterocycles. The van der Waals surface area contributed by atoms with Gasteiger partial charge in [-0.05, 0) is 12.8 Å². The number of esters is 1. The summed E-state index contributed by atoms with van der Waals surface area (Å²) < 4.78 is 6.64. The van der Waals surface area contributed by atoms with Crippen molar-refractivity contribution in [3.8, 4) is 0 Å². The summed E-state index contributed by atoms with van der Waals surface area (Å²) in [6.07, 6.45) is 6.40. The third kappa shape index (κ3) is 1.32. The molecule has 4 heteroatoms. The normalized spacial score (nSPS) is 20.8. The van der Waals surface area contributed by atoms with E-state index in [-0.39, 0.29) is 12.0 Å². The molecular weight excluding hydrogens is 168 g/mol. The number of carbonyl (C=O) groups excluding carboxylic acids is 1. The third-order valence-electron chi connectivity index (χ3n) is 2.44. The molecule has 0 saturated heterocycles. The molecule has 1 aromatic rings. The molecule has 2 rings (SSSR count). The Kier molecular flexibility index (Phi) is 2.04. The summed E-state index contributed by atoms with van der Waals surface area (Å²) in [5.74, 6) is 0.820. The minimum absolute atomic E-state index is 0.156. The van der Waals surface area contributed by atoms with Crippen LogP contribution in [0.1, 0.15) is 24.7 Å². The summed E-state index contributed by atoms with van der Waals surface area (Å²) in [6, 6.07) is -0.156. The van der Waals surface area contributed by atoms with Crippen molar-refractivity contribution in [2.24, 2.45) is 0 Å². The molecule has 13 heavy (non-hydrogen) atoms. The van der Waals surface area contributed by atoms with Crippen LogP contribution in [-0.2, 0) is 16.0 Å². The average molecular weight is 180 g/mol. The van der Waals surface area contributed by atoms with E-state index in [9.17, 15) is 4.79 Å². The molecule has 0 fully saturated rings. The molecule has 0 amide bonds. The molecule has 0 aliphatic carbocycles. The number of nitrogens with zero attached hydrogens (tertiary/aromatic N) is 2. The number of hydrogen-bond acceptors (Lipinski definition) is 3. The van der Waals surface area contributed by atoms with Gasteiger partial charge in [-0.3, -0.25) is 0 Å². The van der Waals surface area contributed by atoms with Crippen LogP contribution in [0.5, 0.6) is 0 Å². The molecule has 4 nitrogen and oxygen atoms in total. The SMILES string of the molecule is COC(=O)[C@@H]1CCCc2nccn21. The maximum Gasteiger partial charge on any atom is 0.328 e. The molecule has 2 heterocycles. The second-order valence-electron chi connectivity index (χ2n) is 3.18. The van der Waals surface area contributed by atoms with Crippen LogP contribution >= 0.6 is 0 Å². The first-order valence-corrected chi connectivity index (χ1v) is 4.42. The maximum absolute atomic E-state index is 11.4. The number of fused-ring (bicyclic) bond motifs is 1. The fourth-order valence-corrected chi connectivity index (χ4v) is 1.78. The van der Waals surface area contributed by atoms with Gasteiger partial charge in [0, 0.05) is 18.8 Å². The van der Waals surface area contributed by atoms with Gasteiger partial charge >= 0.3 is 5.97 Å². The lowest BCUT2D eigenvalue weighted by Gasteiger charge is -2.22. The lowest BCUT2D eigenvalue weighted by Crippen LogP contribution is -2.25.